The SMILES string of the molecule is CC(=O)NCCn1cc(C)nc1N. The Balaban J connectivity index is 2.45. The molecule has 1 aromatic heterocycles. The van der Waals surface area contributed by atoms with Crippen molar-refractivity contribution in [2.45, 2.75) is 20.4 Å². The number of imidazole rings is 1. The van der Waals surface area contributed by atoms with Crippen LogP contribution in [0, 0.1) is 6.92 Å². The third kappa shape index (κ3) is 2.77. The molecule has 13 heavy (non-hydrogen) atoms. The molecule has 0 saturated carbocycles. The van der Waals surface area contributed by atoms with Crippen molar-refractivity contribution < 1.29 is 4.79 Å². The molecule has 1 heterocycles. The summed E-state index contributed by atoms with van der Waals surface area (Å²) in [6, 6.07) is 0. The Kier molecular flexibility index (Phi) is 2.89. The molecule has 0 spiro atoms. The van der Waals surface area contributed by atoms with Crippen molar-refractivity contribution in [2.24, 2.45) is 0 Å². The van der Waals surface area contributed by atoms with Crippen LogP contribution in [0.4, 0.5) is 5.95 Å². The van der Waals surface area contributed by atoms with Gasteiger partial charge in [-0.25, -0.2) is 4.98 Å². The number of amides is 1. The van der Waals surface area contributed by atoms with Gasteiger partial charge in [-0.05, 0) is 6.92 Å². The number of nitrogens with zero attached hydrogens (tertiary/aromatic N) is 2. The lowest BCUT2D eigenvalue weighted by Crippen LogP contribution is -2.24. The molecule has 0 bridgehead atoms. The second-order valence-corrected chi connectivity index (χ2v) is 2.92. The van der Waals surface area contributed by atoms with Crippen LogP contribution in [0.15, 0.2) is 6.20 Å². The molecule has 0 atom stereocenters. The second-order valence-electron chi connectivity index (χ2n) is 2.92. The van der Waals surface area contributed by atoms with Crippen LogP contribution in [0.2, 0.25) is 0 Å². The van der Waals surface area contributed by atoms with E-state index in [1.54, 1.807) is 0 Å². The molecule has 1 rings (SSSR count). The third-order valence-electron chi connectivity index (χ3n) is 1.65. The molecule has 0 aliphatic heterocycles. The smallest absolute Gasteiger partial charge is 0.216 e. The highest BCUT2D eigenvalue weighted by molar-refractivity contribution is 5.72. The van der Waals surface area contributed by atoms with Crippen molar-refractivity contribution in [3.63, 3.8) is 0 Å². The van der Waals surface area contributed by atoms with Gasteiger partial charge < -0.3 is 15.6 Å². The Morgan fingerprint density at radius 2 is 2.46 bits per heavy atom. The fourth-order valence-electron chi connectivity index (χ4n) is 1.10. The predicted octanol–water partition coefficient (Wildman–Crippen LogP) is -0.0902. The van der Waals surface area contributed by atoms with E-state index in [-0.39, 0.29) is 5.91 Å². The molecule has 0 aromatic carbocycles. The average Bonchev–Trinajstić information content (AvgIpc) is 2.29. The quantitative estimate of drug-likeness (QED) is 0.686. The molecule has 0 aliphatic rings. The first-order valence-electron chi connectivity index (χ1n) is 4.13. The van der Waals surface area contributed by atoms with Crippen LogP contribution in [-0.4, -0.2) is 22.0 Å². The van der Waals surface area contributed by atoms with E-state index in [2.05, 4.69) is 10.3 Å². The molecule has 0 radical (unpaired) electrons. The largest absolute Gasteiger partial charge is 0.369 e. The lowest BCUT2D eigenvalue weighted by atomic mass is 10.5. The van der Waals surface area contributed by atoms with Crippen molar-refractivity contribution in [3.8, 4) is 0 Å². The third-order valence-corrected chi connectivity index (χ3v) is 1.65. The van der Waals surface area contributed by atoms with Gasteiger partial charge in [-0.3, -0.25) is 4.79 Å². The first-order chi connectivity index (χ1) is 6.09. The van der Waals surface area contributed by atoms with Gasteiger partial charge in [0.25, 0.3) is 0 Å². The molecule has 3 N–H and O–H groups in total. The van der Waals surface area contributed by atoms with Crippen molar-refractivity contribution in [1.29, 1.82) is 0 Å². The minimum Gasteiger partial charge on any atom is -0.369 e. The zero-order valence-electron chi connectivity index (χ0n) is 7.87. The fourth-order valence-corrected chi connectivity index (χ4v) is 1.10. The Labute approximate surface area is 76.9 Å². The minimum absolute atomic E-state index is 0.0320. The standard InChI is InChI=1S/C8H14N4O/c1-6-5-12(8(9)11-6)4-3-10-7(2)13/h5H,3-4H2,1-2H3,(H2,9,11)(H,10,13). The minimum atomic E-state index is -0.0320. The highest BCUT2D eigenvalue weighted by Gasteiger charge is 2.00. The van der Waals surface area contributed by atoms with Crippen molar-refractivity contribution in [2.75, 3.05) is 12.3 Å². The summed E-state index contributed by atoms with van der Waals surface area (Å²) in [6.45, 7) is 4.61. The number of nitrogens with one attached hydrogen (secondary N) is 1. The van der Waals surface area contributed by atoms with Crippen molar-refractivity contribution >= 4 is 11.9 Å². The number of rotatable bonds is 3. The molecule has 1 aromatic rings. The number of anilines is 1. The molecule has 5 nitrogen and oxygen atoms in total. The van der Waals surface area contributed by atoms with Crippen LogP contribution < -0.4 is 11.1 Å². The summed E-state index contributed by atoms with van der Waals surface area (Å²) in [5.74, 6) is 0.457. The predicted molar refractivity (Wildman–Crippen MR) is 50.1 cm³/mol. The number of carbonyl (C=O) groups excluding carboxylic acids is 1. The molecule has 0 aliphatic carbocycles. The Hall–Kier alpha value is -1.52. The van der Waals surface area contributed by atoms with E-state index in [4.69, 9.17) is 5.73 Å². The fraction of sp³-hybridized carbons (Fsp3) is 0.500. The summed E-state index contributed by atoms with van der Waals surface area (Å²) in [6.07, 6.45) is 1.86. The lowest BCUT2D eigenvalue weighted by Gasteiger charge is -2.04. The van der Waals surface area contributed by atoms with Gasteiger partial charge in [-0.2, -0.15) is 0 Å². The summed E-state index contributed by atoms with van der Waals surface area (Å²) in [5, 5.41) is 2.69. The highest BCUT2D eigenvalue weighted by atomic mass is 16.1. The van der Waals surface area contributed by atoms with Gasteiger partial charge in [-0.1, -0.05) is 0 Å². The number of aromatic nitrogens is 2. The van der Waals surface area contributed by atoms with Crippen LogP contribution in [0.1, 0.15) is 12.6 Å². The van der Waals surface area contributed by atoms with Crippen LogP contribution >= 0.6 is 0 Å². The molecular weight excluding hydrogens is 168 g/mol. The summed E-state index contributed by atoms with van der Waals surface area (Å²) in [5.41, 5.74) is 6.49. The summed E-state index contributed by atoms with van der Waals surface area (Å²) in [4.78, 5) is 14.6. The Bertz CT molecular complexity index is 305. The van der Waals surface area contributed by atoms with Gasteiger partial charge in [0.1, 0.15) is 0 Å². The first-order valence-corrected chi connectivity index (χ1v) is 4.13. The van der Waals surface area contributed by atoms with Crippen molar-refractivity contribution in [3.05, 3.63) is 11.9 Å². The monoisotopic (exact) mass is 182 g/mol. The second kappa shape index (κ2) is 3.93. The Morgan fingerprint density at radius 3 is 2.92 bits per heavy atom. The lowest BCUT2D eigenvalue weighted by molar-refractivity contribution is -0.118. The van der Waals surface area contributed by atoms with E-state index in [0.29, 0.717) is 19.0 Å². The molecule has 1 amide bonds. The average molecular weight is 182 g/mol. The maximum absolute atomic E-state index is 10.6. The summed E-state index contributed by atoms with van der Waals surface area (Å²) < 4.78 is 1.81. The number of hydrogen-bond donors (Lipinski definition) is 2. The zero-order chi connectivity index (χ0) is 9.84. The van der Waals surface area contributed by atoms with E-state index < -0.39 is 0 Å². The maximum Gasteiger partial charge on any atom is 0.216 e. The summed E-state index contributed by atoms with van der Waals surface area (Å²) >= 11 is 0. The molecule has 72 valence electrons. The number of nitrogen functional groups attached to an aromatic ring is 1. The number of carbonyl (C=O) groups is 1. The van der Waals surface area contributed by atoms with Gasteiger partial charge in [0.2, 0.25) is 5.91 Å². The van der Waals surface area contributed by atoms with E-state index >= 15 is 0 Å². The van der Waals surface area contributed by atoms with Gasteiger partial charge in [0.15, 0.2) is 5.95 Å². The number of hydrogen-bond acceptors (Lipinski definition) is 3. The van der Waals surface area contributed by atoms with Gasteiger partial charge in [0, 0.05) is 26.2 Å². The van der Waals surface area contributed by atoms with Crippen LogP contribution in [0.5, 0.6) is 0 Å². The van der Waals surface area contributed by atoms with Gasteiger partial charge >= 0.3 is 0 Å². The normalized spacial score (nSPS) is 10.0. The number of nitrogens with two attached hydrogens (primary N) is 1. The van der Waals surface area contributed by atoms with Gasteiger partial charge in [0.05, 0.1) is 5.69 Å². The molecule has 0 unspecified atom stereocenters. The van der Waals surface area contributed by atoms with E-state index in [0.717, 1.165) is 5.69 Å². The van der Waals surface area contributed by atoms with Gasteiger partial charge in [-0.15, -0.1) is 0 Å². The molecular formula is C8H14N4O. The van der Waals surface area contributed by atoms with Crippen LogP contribution in [0.3, 0.4) is 0 Å². The van der Waals surface area contributed by atoms with Crippen LogP contribution in [-0.2, 0) is 11.3 Å². The van der Waals surface area contributed by atoms with E-state index in [1.165, 1.54) is 6.92 Å². The van der Waals surface area contributed by atoms with Crippen molar-refractivity contribution in [1.82, 2.24) is 14.9 Å². The zero-order valence-corrected chi connectivity index (χ0v) is 7.87. The highest BCUT2D eigenvalue weighted by Crippen LogP contribution is 2.02. The Morgan fingerprint density at radius 1 is 1.77 bits per heavy atom. The summed E-state index contributed by atoms with van der Waals surface area (Å²) in [7, 11) is 0. The molecule has 0 fully saturated rings. The van der Waals surface area contributed by atoms with E-state index in [9.17, 15) is 4.79 Å². The molecule has 0 saturated heterocycles. The van der Waals surface area contributed by atoms with Crippen LogP contribution in [0.25, 0.3) is 0 Å². The number of aryl methyl sites for hydroxylation is 1. The maximum atomic E-state index is 10.6. The topological polar surface area (TPSA) is 72.9 Å². The molecule has 5 heteroatoms. The van der Waals surface area contributed by atoms with E-state index in [1.807, 2.05) is 17.7 Å². The first kappa shape index (κ1) is 9.57.